The number of benzene rings is 1. The lowest BCUT2D eigenvalue weighted by atomic mass is 10.1. The molecule has 3 heteroatoms. The van der Waals surface area contributed by atoms with Crippen LogP contribution in [-0.2, 0) is 0 Å². The SMILES string of the molecule is C=CC[C@@H](N)c1cccc(F)c1.Cl. The third-order valence-electron chi connectivity index (χ3n) is 1.70. The molecule has 1 aromatic rings. The van der Waals surface area contributed by atoms with E-state index < -0.39 is 0 Å². The Bertz CT molecular complexity index is 275. The van der Waals surface area contributed by atoms with Gasteiger partial charge in [0.2, 0.25) is 0 Å². The molecule has 13 heavy (non-hydrogen) atoms. The van der Waals surface area contributed by atoms with Gasteiger partial charge >= 0.3 is 0 Å². The van der Waals surface area contributed by atoms with Crippen LogP contribution in [0.3, 0.4) is 0 Å². The fourth-order valence-electron chi connectivity index (χ4n) is 1.05. The number of hydrogen-bond acceptors (Lipinski definition) is 1. The molecule has 0 aliphatic carbocycles. The number of halogens is 2. The van der Waals surface area contributed by atoms with E-state index >= 15 is 0 Å². The van der Waals surface area contributed by atoms with Gasteiger partial charge in [-0.1, -0.05) is 18.2 Å². The maximum atomic E-state index is 12.7. The Morgan fingerprint density at radius 3 is 2.77 bits per heavy atom. The first kappa shape index (κ1) is 12.1. The summed E-state index contributed by atoms with van der Waals surface area (Å²) in [5.74, 6) is -0.244. The van der Waals surface area contributed by atoms with Crippen molar-refractivity contribution in [1.29, 1.82) is 0 Å². The molecule has 0 amide bonds. The molecule has 0 heterocycles. The predicted octanol–water partition coefficient (Wildman–Crippen LogP) is 2.82. The summed E-state index contributed by atoms with van der Waals surface area (Å²) in [7, 11) is 0. The molecule has 0 fully saturated rings. The van der Waals surface area contributed by atoms with Gasteiger partial charge in [0.25, 0.3) is 0 Å². The summed E-state index contributed by atoms with van der Waals surface area (Å²) >= 11 is 0. The second-order valence-electron chi connectivity index (χ2n) is 2.69. The summed E-state index contributed by atoms with van der Waals surface area (Å²) in [5.41, 5.74) is 6.55. The van der Waals surface area contributed by atoms with Gasteiger partial charge in [0.15, 0.2) is 0 Å². The maximum absolute atomic E-state index is 12.7. The second-order valence-corrected chi connectivity index (χ2v) is 2.69. The molecule has 0 bridgehead atoms. The van der Waals surface area contributed by atoms with Crippen LogP contribution in [0.4, 0.5) is 4.39 Å². The highest BCUT2D eigenvalue weighted by Crippen LogP contribution is 2.14. The van der Waals surface area contributed by atoms with Gasteiger partial charge < -0.3 is 5.73 Å². The van der Waals surface area contributed by atoms with Gasteiger partial charge in [-0.25, -0.2) is 4.39 Å². The molecule has 0 saturated carbocycles. The van der Waals surface area contributed by atoms with Crippen LogP contribution in [0.25, 0.3) is 0 Å². The van der Waals surface area contributed by atoms with Crippen molar-refractivity contribution in [2.45, 2.75) is 12.5 Å². The van der Waals surface area contributed by atoms with E-state index in [1.165, 1.54) is 12.1 Å². The van der Waals surface area contributed by atoms with Crippen molar-refractivity contribution in [3.63, 3.8) is 0 Å². The zero-order chi connectivity index (χ0) is 8.97. The first-order valence-electron chi connectivity index (χ1n) is 3.86. The lowest BCUT2D eigenvalue weighted by molar-refractivity contribution is 0.619. The fraction of sp³-hybridized carbons (Fsp3) is 0.200. The van der Waals surface area contributed by atoms with E-state index in [0.717, 1.165) is 5.56 Å². The van der Waals surface area contributed by atoms with Crippen molar-refractivity contribution in [2.24, 2.45) is 5.73 Å². The Morgan fingerprint density at radius 1 is 1.54 bits per heavy atom. The Hall–Kier alpha value is -0.860. The lowest BCUT2D eigenvalue weighted by Gasteiger charge is -2.08. The minimum atomic E-state index is -0.244. The van der Waals surface area contributed by atoms with Crippen LogP contribution in [0.1, 0.15) is 18.0 Å². The molecule has 0 aliphatic heterocycles. The summed E-state index contributed by atoms with van der Waals surface area (Å²) in [6.07, 6.45) is 2.40. The normalized spacial score (nSPS) is 11.5. The summed E-state index contributed by atoms with van der Waals surface area (Å²) in [4.78, 5) is 0. The largest absolute Gasteiger partial charge is 0.324 e. The monoisotopic (exact) mass is 201 g/mol. The number of rotatable bonds is 3. The molecular weight excluding hydrogens is 189 g/mol. The fourth-order valence-corrected chi connectivity index (χ4v) is 1.05. The van der Waals surface area contributed by atoms with Gasteiger partial charge in [-0.15, -0.1) is 19.0 Å². The molecule has 0 aromatic heterocycles. The van der Waals surface area contributed by atoms with Crippen LogP contribution >= 0.6 is 12.4 Å². The van der Waals surface area contributed by atoms with E-state index in [1.54, 1.807) is 12.1 Å². The topological polar surface area (TPSA) is 26.0 Å². The van der Waals surface area contributed by atoms with Gasteiger partial charge in [0.05, 0.1) is 0 Å². The maximum Gasteiger partial charge on any atom is 0.123 e. The summed E-state index contributed by atoms with van der Waals surface area (Å²) in [6, 6.07) is 6.20. The highest BCUT2D eigenvalue weighted by Gasteiger charge is 2.03. The second kappa shape index (κ2) is 5.73. The summed E-state index contributed by atoms with van der Waals surface area (Å²) < 4.78 is 12.7. The standard InChI is InChI=1S/C10H12FN.ClH/c1-2-4-10(12)8-5-3-6-9(11)7-8;/h2-3,5-7,10H,1,4,12H2;1H/t10-;/m1./s1. The van der Waals surface area contributed by atoms with Crippen molar-refractivity contribution in [2.75, 3.05) is 0 Å². The number of hydrogen-bond donors (Lipinski definition) is 1. The molecule has 1 rings (SSSR count). The van der Waals surface area contributed by atoms with Crippen molar-refractivity contribution < 1.29 is 4.39 Å². The summed E-state index contributed by atoms with van der Waals surface area (Å²) in [6.45, 7) is 3.57. The zero-order valence-corrected chi connectivity index (χ0v) is 8.06. The van der Waals surface area contributed by atoms with Gasteiger partial charge in [-0.05, 0) is 24.1 Å². The Balaban J connectivity index is 0.00000144. The molecule has 72 valence electrons. The minimum absolute atomic E-state index is 0. The van der Waals surface area contributed by atoms with Crippen LogP contribution in [-0.4, -0.2) is 0 Å². The van der Waals surface area contributed by atoms with Gasteiger partial charge in [-0.2, -0.15) is 0 Å². The highest BCUT2D eigenvalue weighted by atomic mass is 35.5. The zero-order valence-electron chi connectivity index (χ0n) is 7.24. The first-order chi connectivity index (χ1) is 5.74. The van der Waals surface area contributed by atoms with E-state index in [9.17, 15) is 4.39 Å². The Morgan fingerprint density at radius 2 is 2.23 bits per heavy atom. The molecule has 0 radical (unpaired) electrons. The van der Waals surface area contributed by atoms with E-state index in [4.69, 9.17) is 5.73 Å². The van der Waals surface area contributed by atoms with Crippen molar-refractivity contribution >= 4 is 12.4 Å². The molecule has 0 spiro atoms. The smallest absolute Gasteiger partial charge is 0.123 e. The van der Waals surface area contributed by atoms with E-state index in [0.29, 0.717) is 6.42 Å². The van der Waals surface area contributed by atoms with Crippen molar-refractivity contribution in [3.8, 4) is 0 Å². The van der Waals surface area contributed by atoms with Crippen LogP contribution in [0.15, 0.2) is 36.9 Å². The highest BCUT2D eigenvalue weighted by molar-refractivity contribution is 5.85. The Kier molecular flexibility index (Phi) is 5.35. The molecule has 1 aromatic carbocycles. The minimum Gasteiger partial charge on any atom is -0.324 e. The molecule has 1 atom stereocenters. The van der Waals surface area contributed by atoms with Gasteiger partial charge in [-0.3, -0.25) is 0 Å². The number of nitrogens with two attached hydrogens (primary N) is 1. The molecule has 2 N–H and O–H groups in total. The summed E-state index contributed by atoms with van der Waals surface area (Å²) in [5, 5.41) is 0. The van der Waals surface area contributed by atoms with E-state index in [-0.39, 0.29) is 24.3 Å². The van der Waals surface area contributed by atoms with Crippen LogP contribution in [0, 0.1) is 5.82 Å². The van der Waals surface area contributed by atoms with Crippen molar-refractivity contribution in [1.82, 2.24) is 0 Å². The third kappa shape index (κ3) is 3.57. The van der Waals surface area contributed by atoms with Crippen LogP contribution in [0.2, 0.25) is 0 Å². The van der Waals surface area contributed by atoms with Gasteiger partial charge in [0, 0.05) is 6.04 Å². The lowest BCUT2D eigenvalue weighted by Crippen LogP contribution is -2.08. The van der Waals surface area contributed by atoms with E-state index in [1.807, 2.05) is 6.07 Å². The van der Waals surface area contributed by atoms with Crippen molar-refractivity contribution in [3.05, 3.63) is 48.3 Å². The Labute approximate surface area is 83.9 Å². The molecular formula is C10H13ClFN. The predicted molar refractivity (Wildman–Crippen MR) is 55.4 cm³/mol. The van der Waals surface area contributed by atoms with E-state index in [2.05, 4.69) is 6.58 Å². The average Bonchev–Trinajstić information content (AvgIpc) is 2.05. The molecule has 0 aliphatic rings. The molecule has 0 saturated heterocycles. The average molecular weight is 202 g/mol. The third-order valence-corrected chi connectivity index (χ3v) is 1.70. The van der Waals surface area contributed by atoms with Crippen LogP contribution < -0.4 is 5.73 Å². The van der Waals surface area contributed by atoms with Crippen LogP contribution in [0.5, 0.6) is 0 Å². The molecule has 0 unspecified atom stereocenters. The first-order valence-corrected chi connectivity index (χ1v) is 3.86. The quantitative estimate of drug-likeness (QED) is 0.748. The molecule has 1 nitrogen and oxygen atoms in total. The van der Waals surface area contributed by atoms with Gasteiger partial charge in [0.1, 0.15) is 5.82 Å².